The zero-order valence-electron chi connectivity index (χ0n) is 10.1. The monoisotopic (exact) mass is 241 g/mol. The van der Waals surface area contributed by atoms with Gasteiger partial charge in [0.2, 0.25) is 5.91 Å². The summed E-state index contributed by atoms with van der Waals surface area (Å²) in [5, 5.41) is 8.68. The molecule has 0 radical (unpaired) electrons. The fraction of sp³-hybridized carbons (Fsp3) is 0.667. The summed E-state index contributed by atoms with van der Waals surface area (Å²) in [6, 6.07) is 0. The third-order valence-electron chi connectivity index (χ3n) is 2.21. The molecule has 0 saturated heterocycles. The van der Waals surface area contributed by atoms with Crippen LogP contribution in [0.2, 0.25) is 0 Å². The number of amides is 1. The third kappa shape index (κ3) is 8.29. The van der Waals surface area contributed by atoms with E-state index in [9.17, 15) is 9.59 Å². The molecule has 0 bridgehead atoms. The van der Waals surface area contributed by atoms with Gasteiger partial charge in [0, 0.05) is 26.5 Å². The summed E-state index contributed by atoms with van der Waals surface area (Å²) in [6.45, 7) is 0.359. The minimum absolute atomic E-state index is 0.165. The van der Waals surface area contributed by atoms with Crippen molar-refractivity contribution in [3.63, 3.8) is 0 Å². The predicted molar refractivity (Wildman–Crippen MR) is 63.4 cm³/mol. The summed E-state index contributed by atoms with van der Waals surface area (Å²) in [7, 11) is 1.51. The molecular formula is C12H19NO4. The summed E-state index contributed by atoms with van der Waals surface area (Å²) in [6.07, 6.45) is 7.54. The number of hydrogen-bond donors (Lipinski definition) is 1. The van der Waals surface area contributed by atoms with Gasteiger partial charge in [0.1, 0.15) is 6.54 Å². The van der Waals surface area contributed by atoms with Crippen molar-refractivity contribution < 1.29 is 19.4 Å². The fourth-order valence-corrected chi connectivity index (χ4v) is 1.32. The first-order valence-electron chi connectivity index (χ1n) is 5.53. The molecular weight excluding hydrogens is 222 g/mol. The summed E-state index contributed by atoms with van der Waals surface area (Å²) in [5.41, 5.74) is 0. The average molecular weight is 241 g/mol. The van der Waals surface area contributed by atoms with Crippen LogP contribution in [0.3, 0.4) is 0 Å². The first-order chi connectivity index (χ1) is 8.11. The number of ether oxygens (including phenoxy) is 1. The Hall–Kier alpha value is -1.54. The normalized spacial score (nSPS) is 9.65. The van der Waals surface area contributed by atoms with E-state index in [1.165, 1.54) is 12.0 Å². The van der Waals surface area contributed by atoms with Crippen molar-refractivity contribution in [2.75, 3.05) is 26.8 Å². The molecule has 17 heavy (non-hydrogen) atoms. The molecule has 0 saturated carbocycles. The third-order valence-corrected chi connectivity index (χ3v) is 2.21. The second-order valence-corrected chi connectivity index (χ2v) is 3.61. The van der Waals surface area contributed by atoms with E-state index in [0.717, 1.165) is 6.42 Å². The largest absolute Gasteiger partial charge is 0.480 e. The van der Waals surface area contributed by atoms with E-state index in [2.05, 4.69) is 5.92 Å². The number of aliphatic carboxylic acids is 1. The van der Waals surface area contributed by atoms with Gasteiger partial charge in [-0.2, -0.15) is 0 Å². The lowest BCUT2D eigenvalue weighted by atomic mass is 10.2. The standard InChI is InChI=1S/C12H19NO4/c1-3-4-5-6-7-11(14)13(8-9-17-2)10-12(15)16/h1H,4-10H2,2H3,(H,15,16). The number of hydrogen-bond acceptors (Lipinski definition) is 3. The van der Waals surface area contributed by atoms with Crippen molar-refractivity contribution >= 4 is 11.9 Å². The Morgan fingerprint density at radius 2 is 2.12 bits per heavy atom. The van der Waals surface area contributed by atoms with Crippen molar-refractivity contribution in [1.29, 1.82) is 0 Å². The lowest BCUT2D eigenvalue weighted by molar-refractivity contribution is -0.144. The first kappa shape index (κ1) is 15.5. The van der Waals surface area contributed by atoms with Gasteiger partial charge in [-0.15, -0.1) is 12.3 Å². The summed E-state index contributed by atoms with van der Waals surface area (Å²) >= 11 is 0. The highest BCUT2D eigenvalue weighted by molar-refractivity contribution is 5.81. The van der Waals surface area contributed by atoms with E-state index < -0.39 is 5.97 Å². The van der Waals surface area contributed by atoms with Crippen molar-refractivity contribution in [3.8, 4) is 12.3 Å². The number of nitrogens with zero attached hydrogens (tertiary/aromatic N) is 1. The van der Waals surface area contributed by atoms with Crippen LogP contribution in [0.5, 0.6) is 0 Å². The number of terminal acetylenes is 1. The Bertz CT molecular complexity index is 283. The molecule has 0 unspecified atom stereocenters. The Kier molecular flexibility index (Phi) is 8.79. The molecule has 0 aromatic rings. The molecule has 1 N–H and O–H groups in total. The van der Waals surface area contributed by atoms with E-state index in [0.29, 0.717) is 32.4 Å². The molecule has 0 heterocycles. The molecule has 0 rings (SSSR count). The molecule has 0 aromatic heterocycles. The van der Waals surface area contributed by atoms with Crippen LogP contribution in [0.1, 0.15) is 25.7 Å². The first-order valence-corrected chi connectivity index (χ1v) is 5.53. The van der Waals surface area contributed by atoms with Crippen LogP contribution in [0.4, 0.5) is 0 Å². The van der Waals surface area contributed by atoms with Gasteiger partial charge >= 0.3 is 5.97 Å². The minimum Gasteiger partial charge on any atom is -0.480 e. The Morgan fingerprint density at radius 1 is 1.41 bits per heavy atom. The second-order valence-electron chi connectivity index (χ2n) is 3.61. The van der Waals surface area contributed by atoms with E-state index in [1.807, 2.05) is 0 Å². The van der Waals surface area contributed by atoms with Crippen LogP contribution >= 0.6 is 0 Å². The number of carboxylic acids is 1. The minimum atomic E-state index is -1.02. The van der Waals surface area contributed by atoms with Gasteiger partial charge in [-0.25, -0.2) is 0 Å². The Morgan fingerprint density at radius 3 is 2.65 bits per heavy atom. The fourth-order valence-electron chi connectivity index (χ4n) is 1.32. The van der Waals surface area contributed by atoms with Crippen LogP contribution < -0.4 is 0 Å². The summed E-state index contributed by atoms with van der Waals surface area (Å²) in [5.74, 6) is 1.32. The molecule has 0 aliphatic carbocycles. The predicted octanol–water partition coefficient (Wildman–Crippen LogP) is 0.740. The van der Waals surface area contributed by atoms with Gasteiger partial charge in [-0.05, 0) is 12.8 Å². The van der Waals surface area contributed by atoms with Gasteiger partial charge in [-0.1, -0.05) is 0 Å². The van der Waals surface area contributed by atoms with E-state index >= 15 is 0 Å². The van der Waals surface area contributed by atoms with Crippen molar-refractivity contribution in [2.24, 2.45) is 0 Å². The molecule has 0 fully saturated rings. The maximum Gasteiger partial charge on any atom is 0.323 e. The van der Waals surface area contributed by atoms with E-state index in [4.69, 9.17) is 16.3 Å². The van der Waals surface area contributed by atoms with Crippen LogP contribution in [-0.2, 0) is 14.3 Å². The lowest BCUT2D eigenvalue weighted by Crippen LogP contribution is -2.37. The average Bonchev–Trinajstić information content (AvgIpc) is 2.29. The highest BCUT2D eigenvalue weighted by atomic mass is 16.5. The zero-order valence-corrected chi connectivity index (χ0v) is 10.1. The quantitative estimate of drug-likeness (QED) is 0.477. The molecule has 5 heteroatoms. The van der Waals surface area contributed by atoms with E-state index in [1.54, 1.807) is 0 Å². The molecule has 0 aromatic carbocycles. The zero-order chi connectivity index (χ0) is 13.1. The Balaban J connectivity index is 4.03. The topological polar surface area (TPSA) is 66.8 Å². The number of carboxylic acid groups (broad SMARTS) is 1. The van der Waals surface area contributed by atoms with Gasteiger partial charge in [-0.3, -0.25) is 9.59 Å². The number of rotatable bonds is 9. The molecule has 96 valence electrons. The van der Waals surface area contributed by atoms with Crippen LogP contribution in [0, 0.1) is 12.3 Å². The molecule has 0 aliphatic heterocycles. The van der Waals surface area contributed by atoms with Gasteiger partial charge < -0.3 is 14.7 Å². The number of carbonyl (C=O) groups is 2. The maximum absolute atomic E-state index is 11.7. The highest BCUT2D eigenvalue weighted by Crippen LogP contribution is 2.03. The SMILES string of the molecule is C#CCCCCC(=O)N(CCOC)CC(=O)O. The van der Waals surface area contributed by atoms with Crippen LogP contribution in [0.25, 0.3) is 0 Å². The molecule has 0 spiro atoms. The molecule has 0 aliphatic rings. The van der Waals surface area contributed by atoms with Gasteiger partial charge in [0.05, 0.1) is 6.61 Å². The maximum atomic E-state index is 11.7. The number of methoxy groups -OCH3 is 1. The van der Waals surface area contributed by atoms with E-state index in [-0.39, 0.29) is 12.5 Å². The Labute approximate surface area is 102 Å². The second kappa shape index (κ2) is 9.67. The van der Waals surface area contributed by atoms with Crippen molar-refractivity contribution in [3.05, 3.63) is 0 Å². The molecule has 0 atom stereocenters. The van der Waals surface area contributed by atoms with Crippen molar-refractivity contribution in [1.82, 2.24) is 4.90 Å². The van der Waals surface area contributed by atoms with Crippen LogP contribution in [-0.4, -0.2) is 48.7 Å². The number of carbonyl (C=O) groups excluding carboxylic acids is 1. The van der Waals surface area contributed by atoms with Gasteiger partial charge in [0.15, 0.2) is 0 Å². The van der Waals surface area contributed by atoms with Gasteiger partial charge in [0.25, 0.3) is 0 Å². The van der Waals surface area contributed by atoms with Crippen LogP contribution in [0.15, 0.2) is 0 Å². The summed E-state index contributed by atoms with van der Waals surface area (Å²) < 4.78 is 4.83. The molecule has 1 amide bonds. The molecule has 5 nitrogen and oxygen atoms in total. The lowest BCUT2D eigenvalue weighted by Gasteiger charge is -2.20. The number of unbranched alkanes of at least 4 members (excludes halogenated alkanes) is 2. The van der Waals surface area contributed by atoms with Crippen molar-refractivity contribution in [2.45, 2.75) is 25.7 Å². The highest BCUT2D eigenvalue weighted by Gasteiger charge is 2.15. The smallest absolute Gasteiger partial charge is 0.323 e. The summed E-state index contributed by atoms with van der Waals surface area (Å²) in [4.78, 5) is 23.6.